The fraction of sp³-hybridized carbons (Fsp3) is 0.333. The molecule has 4 nitrogen and oxygen atoms in total. The fourth-order valence-corrected chi connectivity index (χ4v) is 2.46. The molecule has 98 valence electrons. The average molecular weight is 379 g/mol. The smallest absolute Gasteiger partial charge is 0.335 e. The van der Waals surface area contributed by atoms with E-state index in [1.165, 1.54) is 12.1 Å². The highest BCUT2D eigenvalue weighted by atomic mass is 127. The third-order valence-corrected chi connectivity index (χ3v) is 4.11. The van der Waals surface area contributed by atoms with Gasteiger partial charge in [-0.05, 0) is 47.0 Å². The van der Waals surface area contributed by atoms with Gasteiger partial charge in [-0.25, -0.2) is 4.79 Å². The van der Waals surface area contributed by atoms with Crippen LogP contribution in [0.5, 0.6) is 0 Å². The summed E-state index contributed by atoms with van der Waals surface area (Å²) in [6, 6.07) is 4.68. The Kier molecular flexibility index (Phi) is 5.94. The van der Waals surface area contributed by atoms with E-state index in [1.54, 1.807) is 17.8 Å². The predicted molar refractivity (Wildman–Crippen MR) is 82.3 cm³/mol. The molecule has 0 aromatic heterocycles. The van der Waals surface area contributed by atoms with E-state index >= 15 is 0 Å². The van der Waals surface area contributed by atoms with Crippen LogP contribution >= 0.6 is 34.4 Å². The molecule has 1 amide bonds. The van der Waals surface area contributed by atoms with E-state index in [0.29, 0.717) is 5.69 Å². The van der Waals surface area contributed by atoms with Crippen molar-refractivity contribution in [3.63, 3.8) is 0 Å². The quantitative estimate of drug-likeness (QED) is 0.773. The molecular weight excluding hydrogens is 365 g/mol. The molecule has 2 N–H and O–H groups in total. The van der Waals surface area contributed by atoms with Crippen LogP contribution in [0.4, 0.5) is 5.69 Å². The lowest BCUT2D eigenvalue weighted by Gasteiger charge is -2.12. The van der Waals surface area contributed by atoms with Crippen LogP contribution in [-0.4, -0.2) is 29.0 Å². The summed E-state index contributed by atoms with van der Waals surface area (Å²) >= 11 is 3.67. The Morgan fingerprint density at radius 3 is 2.72 bits per heavy atom. The standard InChI is InChI=1S/C12H14INO3S/c1-7(6-18-2)11(15)14-10-5-8(12(16)17)3-4-9(10)13/h3-5,7H,6H2,1-2H3,(H,14,15)(H,16,17). The van der Waals surface area contributed by atoms with E-state index in [1.807, 2.05) is 13.2 Å². The van der Waals surface area contributed by atoms with Crippen LogP contribution in [0.3, 0.4) is 0 Å². The molecule has 0 saturated carbocycles. The molecule has 1 rings (SSSR count). The number of hydrogen-bond acceptors (Lipinski definition) is 3. The van der Waals surface area contributed by atoms with Crippen molar-refractivity contribution in [2.75, 3.05) is 17.3 Å². The number of carbonyl (C=O) groups excluding carboxylic acids is 1. The van der Waals surface area contributed by atoms with Crippen LogP contribution in [0.1, 0.15) is 17.3 Å². The number of halogens is 1. The van der Waals surface area contributed by atoms with Crippen molar-refractivity contribution in [1.82, 2.24) is 0 Å². The first-order chi connectivity index (χ1) is 8.45. The summed E-state index contributed by atoms with van der Waals surface area (Å²) in [6.07, 6.45) is 1.94. The molecule has 6 heteroatoms. The number of hydrogen-bond donors (Lipinski definition) is 2. The molecule has 0 radical (unpaired) electrons. The first-order valence-corrected chi connectivity index (χ1v) is 7.75. The Labute approximate surface area is 124 Å². The first kappa shape index (κ1) is 15.3. The van der Waals surface area contributed by atoms with Gasteiger partial charge in [0.05, 0.1) is 11.3 Å². The number of carboxylic acid groups (broad SMARTS) is 1. The summed E-state index contributed by atoms with van der Waals surface area (Å²) in [7, 11) is 0. The van der Waals surface area contributed by atoms with Gasteiger partial charge in [0.25, 0.3) is 0 Å². The molecule has 0 heterocycles. The Bertz CT molecular complexity index is 465. The van der Waals surface area contributed by atoms with Crippen molar-refractivity contribution in [1.29, 1.82) is 0 Å². The minimum atomic E-state index is -1.00. The van der Waals surface area contributed by atoms with Gasteiger partial charge in [-0.2, -0.15) is 11.8 Å². The molecule has 0 aliphatic carbocycles. The Balaban J connectivity index is 2.86. The number of rotatable bonds is 5. The largest absolute Gasteiger partial charge is 0.478 e. The second-order valence-corrected chi connectivity index (χ2v) is 5.92. The van der Waals surface area contributed by atoms with Crippen molar-refractivity contribution in [3.8, 4) is 0 Å². The van der Waals surface area contributed by atoms with E-state index in [0.717, 1.165) is 9.32 Å². The number of aromatic carboxylic acids is 1. The van der Waals surface area contributed by atoms with Gasteiger partial charge in [-0.15, -0.1) is 0 Å². The normalized spacial score (nSPS) is 11.9. The second-order valence-electron chi connectivity index (χ2n) is 3.85. The molecule has 0 aliphatic rings. The minimum Gasteiger partial charge on any atom is -0.478 e. The van der Waals surface area contributed by atoms with Gasteiger partial charge in [-0.1, -0.05) is 6.92 Å². The van der Waals surface area contributed by atoms with E-state index in [4.69, 9.17) is 5.11 Å². The third kappa shape index (κ3) is 4.16. The summed E-state index contributed by atoms with van der Waals surface area (Å²) in [5.41, 5.74) is 0.719. The second kappa shape index (κ2) is 6.98. The van der Waals surface area contributed by atoms with Gasteiger partial charge < -0.3 is 10.4 Å². The Morgan fingerprint density at radius 1 is 1.50 bits per heavy atom. The maximum Gasteiger partial charge on any atom is 0.335 e. The molecular formula is C12H14INO3S. The van der Waals surface area contributed by atoms with Crippen LogP contribution in [-0.2, 0) is 4.79 Å². The van der Waals surface area contributed by atoms with E-state index in [9.17, 15) is 9.59 Å². The predicted octanol–water partition coefficient (Wildman–Crippen LogP) is 2.93. The van der Waals surface area contributed by atoms with Gasteiger partial charge in [0, 0.05) is 15.2 Å². The molecule has 18 heavy (non-hydrogen) atoms. The van der Waals surface area contributed by atoms with Crippen LogP contribution in [0.2, 0.25) is 0 Å². The molecule has 1 unspecified atom stereocenters. The number of carbonyl (C=O) groups is 2. The number of carboxylic acids is 1. The van der Waals surface area contributed by atoms with Crippen molar-refractivity contribution < 1.29 is 14.7 Å². The highest BCUT2D eigenvalue weighted by molar-refractivity contribution is 14.1. The van der Waals surface area contributed by atoms with Gasteiger partial charge in [0.2, 0.25) is 5.91 Å². The monoisotopic (exact) mass is 379 g/mol. The third-order valence-electron chi connectivity index (χ3n) is 2.34. The van der Waals surface area contributed by atoms with Crippen molar-refractivity contribution in [2.45, 2.75) is 6.92 Å². The first-order valence-electron chi connectivity index (χ1n) is 5.28. The average Bonchev–Trinajstić information content (AvgIpc) is 2.31. The summed E-state index contributed by atoms with van der Waals surface area (Å²) in [6.45, 7) is 1.85. The lowest BCUT2D eigenvalue weighted by molar-refractivity contribution is -0.118. The lowest BCUT2D eigenvalue weighted by Crippen LogP contribution is -2.22. The summed E-state index contributed by atoms with van der Waals surface area (Å²) in [5, 5.41) is 11.7. The summed E-state index contributed by atoms with van der Waals surface area (Å²) in [4.78, 5) is 22.7. The zero-order valence-corrected chi connectivity index (χ0v) is 13.0. The number of anilines is 1. The van der Waals surface area contributed by atoms with E-state index in [-0.39, 0.29) is 17.4 Å². The molecule has 0 spiro atoms. The molecule has 1 atom stereocenters. The van der Waals surface area contributed by atoms with Gasteiger partial charge in [0.15, 0.2) is 0 Å². The number of nitrogens with one attached hydrogen (secondary N) is 1. The van der Waals surface area contributed by atoms with Crippen LogP contribution in [0.15, 0.2) is 18.2 Å². The number of amides is 1. The highest BCUT2D eigenvalue weighted by Gasteiger charge is 2.14. The Morgan fingerprint density at radius 2 is 2.17 bits per heavy atom. The maximum atomic E-state index is 11.9. The molecule has 1 aromatic carbocycles. The van der Waals surface area contributed by atoms with Crippen LogP contribution in [0.25, 0.3) is 0 Å². The fourth-order valence-electron chi connectivity index (χ4n) is 1.34. The van der Waals surface area contributed by atoms with E-state index in [2.05, 4.69) is 27.9 Å². The number of benzene rings is 1. The van der Waals surface area contributed by atoms with Crippen molar-refractivity contribution >= 4 is 51.9 Å². The molecule has 0 bridgehead atoms. The van der Waals surface area contributed by atoms with Crippen LogP contribution < -0.4 is 5.32 Å². The molecule has 0 aliphatic heterocycles. The topological polar surface area (TPSA) is 66.4 Å². The minimum absolute atomic E-state index is 0.0928. The molecule has 1 aromatic rings. The zero-order chi connectivity index (χ0) is 13.7. The number of thioether (sulfide) groups is 1. The van der Waals surface area contributed by atoms with Crippen molar-refractivity contribution in [2.24, 2.45) is 5.92 Å². The van der Waals surface area contributed by atoms with Gasteiger partial charge in [-0.3, -0.25) is 4.79 Å². The van der Waals surface area contributed by atoms with Crippen molar-refractivity contribution in [3.05, 3.63) is 27.3 Å². The highest BCUT2D eigenvalue weighted by Crippen LogP contribution is 2.21. The SMILES string of the molecule is CSCC(C)C(=O)Nc1cc(C(=O)O)ccc1I. The van der Waals surface area contributed by atoms with Gasteiger partial charge >= 0.3 is 5.97 Å². The van der Waals surface area contributed by atoms with Crippen LogP contribution in [0, 0.1) is 9.49 Å². The van der Waals surface area contributed by atoms with Gasteiger partial charge in [0.1, 0.15) is 0 Å². The maximum absolute atomic E-state index is 11.9. The zero-order valence-electron chi connectivity index (χ0n) is 10.1. The Hall–Kier alpha value is -0.760. The molecule has 0 fully saturated rings. The van der Waals surface area contributed by atoms with E-state index < -0.39 is 5.97 Å². The molecule has 0 saturated heterocycles. The lowest BCUT2D eigenvalue weighted by atomic mass is 10.1. The summed E-state index contributed by atoms with van der Waals surface area (Å²) in [5.74, 6) is -0.464. The summed E-state index contributed by atoms with van der Waals surface area (Å²) < 4.78 is 0.822.